The van der Waals surface area contributed by atoms with E-state index in [1.807, 2.05) is 66.0 Å². The Bertz CT molecular complexity index is 1800. The summed E-state index contributed by atoms with van der Waals surface area (Å²) in [5.41, 5.74) is 0.689. The second-order valence-corrected chi connectivity index (χ2v) is 20.3. The maximum absolute atomic E-state index is 14.6. The molecule has 11 atom stereocenters. The van der Waals surface area contributed by atoms with Gasteiger partial charge in [0, 0.05) is 54.2 Å². The van der Waals surface area contributed by atoms with E-state index in [4.69, 9.17) is 9.47 Å². The Kier molecular flexibility index (Phi) is 23.3. The lowest BCUT2D eigenvalue weighted by Gasteiger charge is -2.41. The Hall–Kier alpha value is -4.06. The number of hydrogen-bond donors (Lipinski definition) is 3. The van der Waals surface area contributed by atoms with Gasteiger partial charge in [0.2, 0.25) is 41.4 Å². The van der Waals surface area contributed by atoms with Crippen LogP contribution in [0.2, 0.25) is 0 Å². The van der Waals surface area contributed by atoms with Crippen LogP contribution in [0.25, 0.3) is 0 Å². The summed E-state index contributed by atoms with van der Waals surface area (Å²) in [7, 11) is 6.34. The normalized spacial score (nSPS) is 20.5. The van der Waals surface area contributed by atoms with Gasteiger partial charge in [-0.2, -0.15) is 11.8 Å². The van der Waals surface area contributed by atoms with Crippen LogP contribution in [0, 0.1) is 23.7 Å². The third-order valence-electron chi connectivity index (χ3n) is 13.9. The van der Waals surface area contributed by atoms with E-state index < -0.39 is 60.3 Å². The largest absolute Gasteiger partial charge is 0.386 e. The van der Waals surface area contributed by atoms with Crippen LogP contribution in [-0.2, 0) is 43.0 Å². The van der Waals surface area contributed by atoms with Crippen molar-refractivity contribution in [1.82, 2.24) is 30.2 Å². The Balaban J connectivity index is 1.69. The molecular weight excluding hydrogens is 877 g/mol. The van der Waals surface area contributed by atoms with E-state index in [2.05, 4.69) is 10.6 Å². The molecule has 0 aromatic heterocycles. The molecule has 7 amide bonds. The highest BCUT2D eigenvalue weighted by molar-refractivity contribution is 8.00. The van der Waals surface area contributed by atoms with Crippen LogP contribution in [0.5, 0.6) is 0 Å². The molecule has 2 saturated heterocycles. The zero-order valence-corrected chi connectivity index (χ0v) is 43.3. The first-order chi connectivity index (χ1) is 31.7. The number of methoxy groups -OCH3 is 2. The van der Waals surface area contributed by atoms with Gasteiger partial charge in [-0.1, -0.05) is 91.6 Å². The third-order valence-corrected chi connectivity index (χ3v) is 14.9. The van der Waals surface area contributed by atoms with Crippen molar-refractivity contribution >= 4 is 53.1 Å². The number of nitrogens with zero attached hydrogens (tertiary/aromatic N) is 4. The minimum Gasteiger partial charge on any atom is -0.386 e. The number of carbonyl (C=O) groups is 7. The first-order valence-corrected chi connectivity index (χ1v) is 25.5. The number of hydrogen-bond acceptors (Lipinski definition) is 11. The first-order valence-electron chi connectivity index (χ1n) is 24.2. The van der Waals surface area contributed by atoms with Gasteiger partial charge in [-0.05, 0) is 62.2 Å². The lowest BCUT2D eigenvalue weighted by molar-refractivity contribution is -0.148. The molecule has 2 heterocycles. The summed E-state index contributed by atoms with van der Waals surface area (Å²) in [6.45, 7) is 15.7. The molecule has 1 aromatic rings. The number of thioether (sulfide) groups is 1. The number of unbranched alkanes of at least 4 members (excludes halogenated alkanes) is 2. The van der Waals surface area contributed by atoms with E-state index in [9.17, 15) is 38.7 Å². The van der Waals surface area contributed by atoms with Crippen molar-refractivity contribution in [3.05, 3.63) is 35.9 Å². The van der Waals surface area contributed by atoms with Crippen LogP contribution in [0.3, 0.4) is 0 Å². The van der Waals surface area contributed by atoms with E-state index in [-0.39, 0.29) is 77.7 Å². The number of imide groups is 1. The van der Waals surface area contributed by atoms with E-state index in [1.54, 1.807) is 49.9 Å². The summed E-state index contributed by atoms with van der Waals surface area (Å²) >= 11 is 1.38. The van der Waals surface area contributed by atoms with Gasteiger partial charge in [0.05, 0.1) is 54.0 Å². The van der Waals surface area contributed by atoms with Gasteiger partial charge in [0.15, 0.2) is 0 Å². The third kappa shape index (κ3) is 15.0. The highest BCUT2D eigenvalue weighted by atomic mass is 32.2. The molecule has 1 aromatic carbocycles. The zero-order valence-electron chi connectivity index (χ0n) is 42.5. The van der Waals surface area contributed by atoms with Gasteiger partial charge >= 0.3 is 0 Å². The number of benzene rings is 1. The predicted octanol–water partition coefficient (Wildman–Crippen LogP) is 4.82. The smallest absolute Gasteiger partial charge is 0.245 e. The molecule has 378 valence electrons. The van der Waals surface area contributed by atoms with Crippen LogP contribution in [0.15, 0.2) is 30.3 Å². The van der Waals surface area contributed by atoms with Crippen molar-refractivity contribution in [1.29, 1.82) is 0 Å². The van der Waals surface area contributed by atoms with Gasteiger partial charge in [-0.25, -0.2) is 0 Å². The van der Waals surface area contributed by atoms with Gasteiger partial charge in [0.25, 0.3) is 0 Å². The summed E-state index contributed by atoms with van der Waals surface area (Å²) in [6.07, 6.45) is 3.71. The lowest BCUT2D eigenvalue weighted by Crippen LogP contribution is -2.60. The maximum atomic E-state index is 14.6. The fourth-order valence-electron chi connectivity index (χ4n) is 9.70. The second-order valence-electron chi connectivity index (χ2n) is 19.3. The number of aliphatic hydroxyl groups is 1. The van der Waals surface area contributed by atoms with Crippen molar-refractivity contribution in [2.24, 2.45) is 23.7 Å². The molecule has 67 heavy (non-hydrogen) atoms. The van der Waals surface area contributed by atoms with Gasteiger partial charge in [-0.15, -0.1) is 0 Å². The van der Waals surface area contributed by atoms with Gasteiger partial charge in [0.1, 0.15) is 12.1 Å². The summed E-state index contributed by atoms with van der Waals surface area (Å²) in [6, 6.07) is 5.81. The minimum atomic E-state index is -0.946. The molecule has 0 spiro atoms. The summed E-state index contributed by atoms with van der Waals surface area (Å²) in [5.74, 6) is -3.17. The molecule has 2 aliphatic heterocycles. The molecule has 2 fully saturated rings. The quantitative estimate of drug-likeness (QED) is 0.0809. The van der Waals surface area contributed by atoms with E-state index >= 15 is 0 Å². The van der Waals surface area contributed by atoms with Crippen molar-refractivity contribution < 1.29 is 48.1 Å². The number of nitrogens with one attached hydrogen (secondary N) is 2. The average Bonchev–Trinajstić information content (AvgIpc) is 3.90. The minimum absolute atomic E-state index is 0.0367. The highest BCUT2D eigenvalue weighted by Crippen LogP contribution is 2.30. The molecule has 2 aliphatic rings. The molecule has 3 rings (SSSR count). The number of carbonyl (C=O) groups excluding carboxylic acids is 7. The Morgan fingerprint density at radius 1 is 0.881 bits per heavy atom. The first kappa shape index (κ1) is 57.3. The topological polar surface area (TPSA) is 195 Å². The zero-order chi connectivity index (χ0) is 50.3. The van der Waals surface area contributed by atoms with Crippen molar-refractivity contribution in [2.75, 3.05) is 47.7 Å². The molecule has 16 nitrogen and oxygen atoms in total. The number of amides is 7. The van der Waals surface area contributed by atoms with Gasteiger partial charge in [-0.3, -0.25) is 38.5 Å². The fourth-order valence-corrected chi connectivity index (χ4v) is 10.3. The number of ether oxygens (including phenoxy) is 2. The van der Waals surface area contributed by atoms with Crippen LogP contribution in [0.4, 0.5) is 0 Å². The van der Waals surface area contributed by atoms with Crippen molar-refractivity contribution in [3.63, 3.8) is 0 Å². The average molecular weight is 959 g/mol. The molecule has 0 bridgehead atoms. The molecule has 3 N–H and O–H groups in total. The number of likely N-dealkylation sites (tertiary alicyclic amines) is 2. The standard InChI is InChI=1S/C50H82N6O10S/c1-14-32(6)44(37(65-11)28-40(58)55-27-21-24-36(55)46(66-12)33(7)47(61)51-34(8)45(60)35-22-17-15-18-23-35)54(10)50(64)42(30(2)3)52-48(62)43(31(4)5)53(9)39(57)25-19-16-20-26-56-41(59)29-38(67-13)49(56)63/h15,17-18,22-23,30-34,36-38,42-46,60H,14,16,19-21,24-29H2,1-13H3,(H,51,61)(H,52,62)/t32-,33+,34+,36-,37+,38?,42-,43-,44-,45+,46+/m0/s1. The Morgan fingerprint density at radius 3 is 2.09 bits per heavy atom. The molecule has 0 aliphatic carbocycles. The van der Waals surface area contributed by atoms with Gasteiger partial charge < -0.3 is 39.9 Å². The Labute approximate surface area is 404 Å². The molecule has 1 unspecified atom stereocenters. The van der Waals surface area contributed by atoms with E-state index in [1.165, 1.54) is 35.8 Å². The predicted molar refractivity (Wildman–Crippen MR) is 260 cm³/mol. The molecule has 0 radical (unpaired) electrons. The maximum Gasteiger partial charge on any atom is 0.245 e. The summed E-state index contributed by atoms with van der Waals surface area (Å²) in [5, 5.41) is 16.5. The Morgan fingerprint density at radius 2 is 1.54 bits per heavy atom. The number of aliphatic hydroxyl groups excluding tert-OH is 1. The van der Waals surface area contributed by atoms with Crippen LogP contribution in [0.1, 0.15) is 125 Å². The van der Waals surface area contributed by atoms with Crippen LogP contribution < -0.4 is 10.6 Å². The van der Waals surface area contributed by atoms with Crippen LogP contribution in [-0.4, -0.2) is 161 Å². The second kappa shape index (κ2) is 27.2. The summed E-state index contributed by atoms with van der Waals surface area (Å²) < 4.78 is 12.0. The number of rotatable bonds is 27. The van der Waals surface area contributed by atoms with Crippen molar-refractivity contribution in [2.45, 2.75) is 167 Å². The molecule has 17 heteroatoms. The highest BCUT2D eigenvalue weighted by Gasteiger charge is 2.44. The summed E-state index contributed by atoms with van der Waals surface area (Å²) in [4.78, 5) is 101. The van der Waals surface area contributed by atoms with E-state index in [0.717, 1.165) is 6.42 Å². The number of likely N-dealkylation sites (N-methyl/N-ethyl adjacent to an activating group) is 2. The molecule has 0 saturated carbocycles. The van der Waals surface area contributed by atoms with Crippen molar-refractivity contribution in [3.8, 4) is 0 Å². The molecular formula is C50H82N6O10S. The monoisotopic (exact) mass is 959 g/mol. The SMILES string of the molecule is CC[C@H](C)[C@@H]([C@@H](CC(=O)N1CCC[C@H]1[C@H](OC)[C@@H](C)C(=O)N[C@H](C)[C@@H](O)c1ccccc1)OC)N(C)C(=O)[C@@H](NC(=O)[C@H](C(C)C)N(C)C(=O)CCCCCN1C(=O)CC(SC)C1=O)C(C)C. The lowest BCUT2D eigenvalue weighted by atomic mass is 9.89. The fraction of sp³-hybridized carbons (Fsp3) is 0.740. The van der Waals surface area contributed by atoms with Crippen LogP contribution >= 0.6 is 11.8 Å². The van der Waals surface area contributed by atoms with E-state index in [0.29, 0.717) is 50.8 Å².